The third-order valence-electron chi connectivity index (χ3n) is 6.96. The number of aromatic nitrogens is 3. The lowest BCUT2D eigenvalue weighted by molar-refractivity contribution is -0.0241. The molecule has 3 heterocycles. The van der Waals surface area contributed by atoms with E-state index in [0.717, 1.165) is 44.8 Å². The van der Waals surface area contributed by atoms with E-state index in [-0.39, 0.29) is 6.04 Å². The molecule has 7 nitrogen and oxygen atoms in total. The Morgan fingerprint density at radius 2 is 2.00 bits per heavy atom. The Bertz CT molecular complexity index is 1320. The van der Waals surface area contributed by atoms with Crippen molar-refractivity contribution in [2.75, 3.05) is 11.5 Å². The van der Waals surface area contributed by atoms with Crippen molar-refractivity contribution in [3.63, 3.8) is 0 Å². The van der Waals surface area contributed by atoms with Crippen molar-refractivity contribution < 1.29 is 10.2 Å². The van der Waals surface area contributed by atoms with E-state index in [4.69, 9.17) is 11.5 Å². The smallest absolute Gasteiger partial charge is 0.142 e. The maximum atomic E-state index is 11.0. The third-order valence-corrected chi connectivity index (χ3v) is 7.60. The summed E-state index contributed by atoms with van der Waals surface area (Å²) >= 11 is 3.42. The molecule has 0 saturated heterocycles. The summed E-state index contributed by atoms with van der Waals surface area (Å²) in [6.45, 7) is 2.04. The van der Waals surface area contributed by atoms with Gasteiger partial charge in [-0.15, -0.1) is 0 Å². The molecule has 0 amide bonds. The van der Waals surface area contributed by atoms with E-state index in [1.807, 2.05) is 42.0 Å². The molecule has 1 saturated carbocycles. The number of hydrogen-bond donors (Lipinski definition) is 4. The minimum Gasteiger partial charge on any atom is -0.398 e. The van der Waals surface area contributed by atoms with Gasteiger partial charge in [0.1, 0.15) is 17.6 Å². The van der Waals surface area contributed by atoms with E-state index < -0.39 is 17.6 Å². The lowest BCUT2D eigenvalue weighted by atomic mass is 9.80. The maximum Gasteiger partial charge on any atom is 0.142 e. The fourth-order valence-electron chi connectivity index (χ4n) is 4.99. The summed E-state index contributed by atoms with van der Waals surface area (Å²) in [5, 5.41) is 23.8. The zero-order valence-electron chi connectivity index (χ0n) is 17.7. The van der Waals surface area contributed by atoms with Gasteiger partial charge in [-0.1, -0.05) is 19.1 Å². The minimum absolute atomic E-state index is 0.266. The normalized spacial score (nSPS) is 25.7. The van der Waals surface area contributed by atoms with Crippen molar-refractivity contribution in [1.82, 2.24) is 14.5 Å². The first-order chi connectivity index (χ1) is 15.3. The van der Waals surface area contributed by atoms with Crippen molar-refractivity contribution in [1.29, 1.82) is 0 Å². The van der Waals surface area contributed by atoms with Crippen LogP contribution in [0, 0.1) is 5.41 Å². The van der Waals surface area contributed by atoms with E-state index in [1.165, 1.54) is 0 Å². The predicted octanol–water partition coefficient (Wildman–Crippen LogP) is 3.82. The number of halogens is 1. The lowest BCUT2D eigenvalue weighted by Crippen LogP contribution is -2.35. The van der Waals surface area contributed by atoms with E-state index in [1.54, 1.807) is 12.3 Å². The minimum atomic E-state index is -0.880. The molecule has 4 aromatic rings. The zero-order valence-corrected chi connectivity index (χ0v) is 19.3. The number of fused-ring (bicyclic) bond motifs is 2. The third kappa shape index (κ3) is 3.43. The highest BCUT2D eigenvalue weighted by Crippen LogP contribution is 2.48. The monoisotopic (exact) mass is 495 g/mol. The van der Waals surface area contributed by atoms with Crippen LogP contribution in [-0.2, 0) is 6.42 Å². The molecule has 4 atom stereocenters. The molecule has 0 aliphatic heterocycles. The molecule has 5 rings (SSSR count). The van der Waals surface area contributed by atoms with Crippen molar-refractivity contribution >= 4 is 49.4 Å². The van der Waals surface area contributed by atoms with E-state index >= 15 is 0 Å². The van der Waals surface area contributed by atoms with E-state index in [9.17, 15) is 10.2 Å². The van der Waals surface area contributed by atoms with Gasteiger partial charge in [-0.05, 0) is 70.4 Å². The van der Waals surface area contributed by atoms with Gasteiger partial charge in [-0.3, -0.25) is 0 Å². The van der Waals surface area contributed by atoms with Gasteiger partial charge < -0.3 is 26.2 Å². The topological polar surface area (TPSA) is 123 Å². The second-order valence-corrected chi connectivity index (χ2v) is 9.96. The van der Waals surface area contributed by atoms with Crippen LogP contribution in [-0.4, -0.2) is 37.0 Å². The SMILES string of the molecule is C[C@]1(CCc2ccc3cc(Br)c(N)nc3c2)C[C@@H](n2ccc3c(N)ccnc32)[C@H](O)[C@@H]1O. The zero-order chi connectivity index (χ0) is 22.6. The summed E-state index contributed by atoms with van der Waals surface area (Å²) in [4.78, 5) is 8.92. The number of nitrogens with two attached hydrogens (primary N) is 2. The number of rotatable bonds is 4. The van der Waals surface area contributed by atoms with Gasteiger partial charge in [0.15, 0.2) is 0 Å². The molecule has 6 N–H and O–H groups in total. The number of nitrogen functional groups attached to an aromatic ring is 2. The molecular weight excluding hydrogens is 470 g/mol. The Morgan fingerprint density at radius 3 is 2.81 bits per heavy atom. The van der Waals surface area contributed by atoms with Crippen LogP contribution in [0.15, 0.2) is 53.3 Å². The average molecular weight is 496 g/mol. The maximum absolute atomic E-state index is 11.0. The molecule has 1 fully saturated rings. The average Bonchev–Trinajstić information content (AvgIpc) is 3.29. The van der Waals surface area contributed by atoms with Crippen molar-refractivity contribution in [2.24, 2.45) is 5.41 Å². The Morgan fingerprint density at radius 1 is 1.19 bits per heavy atom. The first-order valence-corrected chi connectivity index (χ1v) is 11.5. The number of aliphatic hydroxyl groups excluding tert-OH is 2. The number of pyridine rings is 2. The molecule has 0 radical (unpaired) electrons. The van der Waals surface area contributed by atoms with Gasteiger partial charge >= 0.3 is 0 Å². The standard InChI is InChI=1S/C24H26BrN5O2/c1-24(7-4-13-2-3-14-11-16(25)22(27)29-18(14)10-13)12-19(20(31)21(24)32)30-9-6-15-17(26)5-8-28-23(15)30/h2-3,5-6,8-11,19-21,31-32H,4,7,12H2,1H3,(H2,26,28)(H2,27,29)/t19-,20+,21+,24+/m1/s1. The van der Waals surface area contributed by atoms with Gasteiger partial charge in [0.05, 0.1) is 22.1 Å². The summed E-state index contributed by atoms with van der Waals surface area (Å²) in [7, 11) is 0. The van der Waals surface area contributed by atoms with Gasteiger partial charge in [-0.2, -0.15) is 0 Å². The van der Waals surface area contributed by atoms with Gasteiger partial charge in [0.2, 0.25) is 0 Å². The molecule has 166 valence electrons. The summed E-state index contributed by atoms with van der Waals surface area (Å²) in [6, 6.07) is 11.5. The molecule has 32 heavy (non-hydrogen) atoms. The van der Waals surface area contributed by atoms with Gasteiger partial charge in [0, 0.05) is 28.9 Å². The summed E-state index contributed by atoms with van der Waals surface area (Å²) in [6.07, 6.45) is 3.99. The van der Waals surface area contributed by atoms with Crippen molar-refractivity contribution in [3.05, 3.63) is 58.8 Å². The van der Waals surface area contributed by atoms with Crippen LogP contribution in [0.2, 0.25) is 0 Å². The van der Waals surface area contributed by atoms with Crippen molar-refractivity contribution in [2.45, 2.75) is 44.4 Å². The highest BCUT2D eigenvalue weighted by Gasteiger charge is 2.50. The van der Waals surface area contributed by atoms with Crippen molar-refractivity contribution in [3.8, 4) is 0 Å². The van der Waals surface area contributed by atoms with Gasteiger partial charge in [0.25, 0.3) is 0 Å². The molecule has 3 aromatic heterocycles. The number of aryl methyl sites for hydroxylation is 1. The Hall–Kier alpha value is -2.68. The van der Waals surface area contributed by atoms with Crippen LogP contribution in [0.5, 0.6) is 0 Å². The second kappa shape index (κ2) is 7.72. The molecule has 1 aromatic carbocycles. The molecule has 1 aliphatic carbocycles. The number of benzene rings is 1. The largest absolute Gasteiger partial charge is 0.398 e. The fourth-order valence-corrected chi connectivity index (χ4v) is 5.32. The molecule has 1 aliphatic rings. The van der Waals surface area contributed by atoms with Crippen LogP contribution in [0.1, 0.15) is 31.4 Å². The number of hydrogen-bond acceptors (Lipinski definition) is 6. The van der Waals surface area contributed by atoms with E-state index in [0.29, 0.717) is 17.9 Å². The Balaban J connectivity index is 1.38. The lowest BCUT2D eigenvalue weighted by Gasteiger charge is -2.28. The van der Waals surface area contributed by atoms with Crippen LogP contribution in [0.25, 0.3) is 21.9 Å². The van der Waals surface area contributed by atoms with E-state index in [2.05, 4.69) is 32.0 Å². The summed E-state index contributed by atoms with van der Waals surface area (Å²) in [5.74, 6) is 0.465. The first-order valence-electron chi connectivity index (χ1n) is 10.7. The highest BCUT2D eigenvalue weighted by molar-refractivity contribution is 9.10. The fraction of sp³-hybridized carbons (Fsp3) is 0.333. The highest BCUT2D eigenvalue weighted by atomic mass is 79.9. The molecule has 0 unspecified atom stereocenters. The van der Waals surface area contributed by atoms with Crippen LogP contribution in [0.4, 0.5) is 11.5 Å². The second-order valence-electron chi connectivity index (χ2n) is 9.10. The molecule has 0 bridgehead atoms. The molecule has 8 heteroatoms. The van der Waals surface area contributed by atoms with Crippen LogP contribution < -0.4 is 11.5 Å². The van der Waals surface area contributed by atoms with Crippen LogP contribution in [0.3, 0.4) is 0 Å². The molecule has 0 spiro atoms. The summed E-state index contributed by atoms with van der Waals surface area (Å²) < 4.78 is 2.74. The Labute approximate surface area is 194 Å². The van der Waals surface area contributed by atoms with Crippen LogP contribution >= 0.6 is 15.9 Å². The summed E-state index contributed by atoms with van der Waals surface area (Å²) in [5.41, 5.74) is 14.9. The molecular formula is C24H26BrN5O2. The Kier molecular flexibility index (Phi) is 5.11. The quantitative estimate of drug-likeness (QED) is 0.341. The first kappa shape index (κ1) is 21.2. The van der Waals surface area contributed by atoms with Gasteiger partial charge in [-0.25, -0.2) is 9.97 Å². The number of aliphatic hydroxyl groups is 2. The predicted molar refractivity (Wildman–Crippen MR) is 130 cm³/mol. The number of nitrogens with zero attached hydrogens (tertiary/aromatic N) is 3. The number of anilines is 2.